The fourth-order valence-electron chi connectivity index (χ4n) is 9.00. The van der Waals surface area contributed by atoms with E-state index >= 15 is 0 Å². The molecule has 0 amide bonds. The number of para-hydroxylation sites is 4. The molecule has 0 bridgehead atoms. The van der Waals surface area contributed by atoms with Gasteiger partial charge >= 0.3 is 0 Å². The van der Waals surface area contributed by atoms with Crippen LogP contribution in [0.3, 0.4) is 0 Å². The summed E-state index contributed by atoms with van der Waals surface area (Å²) < 4.78 is 10.2. The Bertz CT molecular complexity index is 3070. The number of hydrogen-bond acceptors (Lipinski definition) is 4. The van der Waals surface area contributed by atoms with Crippen molar-refractivity contribution in [2.45, 2.75) is 5.41 Å². The summed E-state index contributed by atoms with van der Waals surface area (Å²) in [4.78, 5) is 12.0. The number of aromatic nitrogens is 3. The van der Waals surface area contributed by atoms with Crippen molar-refractivity contribution < 1.29 is 4.74 Å². The van der Waals surface area contributed by atoms with Crippen LogP contribution in [0.2, 0.25) is 0 Å². The monoisotopic (exact) mass is 681 g/mol. The van der Waals surface area contributed by atoms with Crippen molar-refractivity contribution in [2.24, 2.45) is 0 Å². The summed E-state index contributed by atoms with van der Waals surface area (Å²) >= 11 is 1.90. The molecule has 5 heteroatoms. The van der Waals surface area contributed by atoms with Crippen LogP contribution in [0.15, 0.2) is 164 Å². The van der Waals surface area contributed by atoms with Crippen molar-refractivity contribution in [1.82, 2.24) is 14.5 Å². The topological polar surface area (TPSA) is 39.9 Å². The normalized spacial score (nSPS) is 13.7. The van der Waals surface area contributed by atoms with Gasteiger partial charge in [0.25, 0.3) is 0 Å². The quantitative estimate of drug-likeness (QED) is 0.182. The maximum absolute atomic E-state index is 6.62. The summed E-state index contributed by atoms with van der Waals surface area (Å²) in [6.07, 6.45) is 0. The zero-order valence-corrected chi connectivity index (χ0v) is 28.6. The van der Waals surface area contributed by atoms with Crippen LogP contribution in [0.4, 0.5) is 0 Å². The van der Waals surface area contributed by atoms with Gasteiger partial charge in [0.1, 0.15) is 11.5 Å². The second kappa shape index (κ2) is 10.3. The lowest BCUT2D eigenvalue weighted by atomic mass is 9.69. The maximum Gasteiger partial charge on any atom is 0.235 e. The van der Waals surface area contributed by atoms with Gasteiger partial charge in [-0.1, -0.05) is 140 Å². The minimum absolute atomic E-state index is 0.524. The Labute approximate surface area is 302 Å². The van der Waals surface area contributed by atoms with Crippen molar-refractivity contribution in [3.8, 4) is 39.8 Å². The average molecular weight is 682 g/mol. The second-order valence-electron chi connectivity index (χ2n) is 13.6. The van der Waals surface area contributed by atoms with Gasteiger partial charge in [0.2, 0.25) is 5.95 Å². The first-order valence-corrected chi connectivity index (χ1v) is 18.4. The molecule has 12 rings (SSSR count). The largest absolute Gasteiger partial charge is 0.457 e. The summed E-state index contributed by atoms with van der Waals surface area (Å²) in [5.74, 6) is 2.47. The molecule has 0 fully saturated rings. The Hall–Kier alpha value is -6.56. The summed E-state index contributed by atoms with van der Waals surface area (Å²) in [6, 6.07) is 58.2. The Morgan fingerprint density at radius 1 is 0.519 bits per heavy atom. The van der Waals surface area contributed by atoms with Crippen molar-refractivity contribution in [3.63, 3.8) is 0 Å². The average Bonchev–Trinajstić information content (AvgIpc) is 3.85. The lowest BCUT2D eigenvalue weighted by Gasteiger charge is -2.38. The lowest BCUT2D eigenvalue weighted by Crippen LogP contribution is -2.31. The van der Waals surface area contributed by atoms with Gasteiger partial charge in [0.15, 0.2) is 0 Å². The van der Waals surface area contributed by atoms with Crippen molar-refractivity contribution >= 4 is 54.1 Å². The van der Waals surface area contributed by atoms with E-state index in [0.29, 0.717) is 5.95 Å². The van der Waals surface area contributed by atoms with E-state index < -0.39 is 5.41 Å². The molecule has 1 aliphatic carbocycles. The highest BCUT2D eigenvalue weighted by Gasteiger charge is 2.52. The molecular weight excluding hydrogens is 655 g/mol. The second-order valence-corrected chi connectivity index (χ2v) is 14.7. The standard InChI is InChI=1S/C47H27N3OS/c1-2-14-28(15-3-1)42-32-18-5-10-22-37(32)48-46(49-42)50-38-23-11-6-16-29(38)30-26-27-33-41-31-17-4-7-19-34(31)47(45(41)52-44(33)43(30)50)35-20-8-12-24-39(35)51-40-25-13-9-21-36(40)47/h1-27H. The fraction of sp³-hybridized carbons (Fsp3) is 0.0213. The van der Waals surface area contributed by atoms with Crippen molar-refractivity contribution in [1.29, 1.82) is 0 Å². The van der Waals surface area contributed by atoms with Crippen LogP contribution in [-0.4, -0.2) is 14.5 Å². The molecule has 0 radical (unpaired) electrons. The Balaban J connectivity index is 1.24. The third kappa shape index (κ3) is 3.50. The van der Waals surface area contributed by atoms with E-state index in [1.54, 1.807) is 0 Å². The number of nitrogens with zero attached hydrogens (tertiary/aromatic N) is 3. The number of fused-ring (bicyclic) bond motifs is 16. The molecule has 1 spiro atoms. The zero-order valence-electron chi connectivity index (χ0n) is 27.7. The Morgan fingerprint density at radius 3 is 1.96 bits per heavy atom. The first kappa shape index (κ1) is 28.2. The highest BCUT2D eigenvalue weighted by atomic mass is 32.1. The Morgan fingerprint density at radius 2 is 1.15 bits per heavy atom. The van der Waals surface area contributed by atoms with E-state index in [-0.39, 0.29) is 0 Å². The molecule has 3 aromatic heterocycles. The molecule has 0 saturated heterocycles. The summed E-state index contributed by atoms with van der Waals surface area (Å²) in [5.41, 5.74) is 10.8. The number of thiophene rings is 1. The van der Waals surface area contributed by atoms with E-state index in [4.69, 9.17) is 14.7 Å². The van der Waals surface area contributed by atoms with Crippen LogP contribution in [0.1, 0.15) is 21.6 Å². The van der Waals surface area contributed by atoms with Gasteiger partial charge < -0.3 is 4.74 Å². The fourth-order valence-corrected chi connectivity index (χ4v) is 10.6. The molecule has 0 atom stereocenters. The summed E-state index contributed by atoms with van der Waals surface area (Å²) in [6.45, 7) is 0. The molecule has 0 N–H and O–H groups in total. The van der Waals surface area contributed by atoms with E-state index in [0.717, 1.165) is 44.7 Å². The van der Waals surface area contributed by atoms with E-state index in [1.807, 2.05) is 17.4 Å². The zero-order chi connectivity index (χ0) is 34.0. The summed E-state index contributed by atoms with van der Waals surface area (Å²) in [5, 5.41) is 4.65. The number of rotatable bonds is 2. The van der Waals surface area contributed by atoms with Gasteiger partial charge in [-0.05, 0) is 35.4 Å². The molecule has 2 aliphatic rings. The molecule has 7 aromatic carbocycles. The molecule has 4 heterocycles. The number of benzene rings is 7. The van der Waals surface area contributed by atoms with Crippen LogP contribution >= 0.6 is 11.3 Å². The third-order valence-electron chi connectivity index (χ3n) is 11.1. The molecule has 10 aromatic rings. The molecule has 1 aliphatic heterocycles. The number of hydrogen-bond donors (Lipinski definition) is 0. The molecule has 0 saturated carbocycles. The van der Waals surface area contributed by atoms with Crippen LogP contribution < -0.4 is 4.74 Å². The maximum atomic E-state index is 6.62. The van der Waals surface area contributed by atoms with Gasteiger partial charge in [0.05, 0.1) is 32.4 Å². The van der Waals surface area contributed by atoms with Crippen LogP contribution in [0.25, 0.3) is 71.1 Å². The minimum atomic E-state index is -0.524. The van der Waals surface area contributed by atoms with Crippen LogP contribution in [0, 0.1) is 0 Å². The van der Waals surface area contributed by atoms with Crippen molar-refractivity contribution in [3.05, 3.63) is 185 Å². The van der Waals surface area contributed by atoms with Crippen LogP contribution in [-0.2, 0) is 5.41 Å². The van der Waals surface area contributed by atoms with Gasteiger partial charge in [-0.3, -0.25) is 4.57 Å². The van der Waals surface area contributed by atoms with Crippen LogP contribution in [0.5, 0.6) is 11.5 Å². The van der Waals surface area contributed by atoms with E-state index in [1.165, 1.54) is 53.6 Å². The van der Waals surface area contributed by atoms with Gasteiger partial charge in [0, 0.05) is 48.7 Å². The highest BCUT2D eigenvalue weighted by molar-refractivity contribution is 7.21. The van der Waals surface area contributed by atoms with Crippen molar-refractivity contribution in [2.75, 3.05) is 0 Å². The molecule has 242 valence electrons. The first-order valence-electron chi connectivity index (χ1n) is 17.6. The predicted molar refractivity (Wildman–Crippen MR) is 212 cm³/mol. The predicted octanol–water partition coefficient (Wildman–Crippen LogP) is 12.1. The van der Waals surface area contributed by atoms with Gasteiger partial charge in [-0.25, -0.2) is 9.97 Å². The molecule has 0 unspecified atom stereocenters. The molecular formula is C47H27N3OS. The van der Waals surface area contributed by atoms with Gasteiger partial charge in [-0.2, -0.15) is 0 Å². The van der Waals surface area contributed by atoms with E-state index in [2.05, 4.69) is 162 Å². The SMILES string of the molecule is c1ccc(-c2nc(-n3c4ccccc4c4ccc5c6c(sc5c43)C3(c4ccccc4Oc4ccccc43)c3ccccc3-6)nc3ccccc23)cc1. The van der Waals surface area contributed by atoms with Gasteiger partial charge in [-0.15, -0.1) is 11.3 Å². The highest BCUT2D eigenvalue weighted by Crippen LogP contribution is 2.65. The first-order chi connectivity index (χ1) is 25.8. The Kier molecular flexibility index (Phi) is 5.55. The lowest BCUT2D eigenvalue weighted by molar-refractivity contribution is 0.437. The smallest absolute Gasteiger partial charge is 0.235 e. The summed E-state index contributed by atoms with van der Waals surface area (Å²) in [7, 11) is 0. The third-order valence-corrected chi connectivity index (χ3v) is 12.4. The minimum Gasteiger partial charge on any atom is -0.457 e. The molecule has 52 heavy (non-hydrogen) atoms. The number of ether oxygens (including phenoxy) is 1. The van der Waals surface area contributed by atoms with E-state index in [9.17, 15) is 0 Å². The molecule has 4 nitrogen and oxygen atoms in total.